The summed E-state index contributed by atoms with van der Waals surface area (Å²) in [5.41, 5.74) is 7.08. The van der Waals surface area contributed by atoms with E-state index >= 15 is 0 Å². The molecule has 2 N–H and O–H groups in total. The third kappa shape index (κ3) is 3.30. The maximum atomic E-state index is 5.88. The Labute approximate surface area is 118 Å². The van der Waals surface area contributed by atoms with Crippen LogP contribution in [0.3, 0.4) is 0 Å². The Kier molecular flexibility index (Phi) is 4.36. The first kappa shape index (κ1) is 13.5. The van der Waals surface area contributed by atoms with Crippen LogP contribution in [0, 0.1) is 0 Å². The van der Waals surface area contributed by atoms with Gasteiger partial charge in [-0.05, 0) is 59.3 Å². The SMILES string of the molecule is CC(N)Cc1cc(Br)ccc1Sc1nnnn1C. The molecule has 2 rings (SSSR count). The van der Waals surface area contributed by atoms with E-state index in [2.05, 4.69) is 43.6 Å². The van der Waals surface area contributed by atoms with Crippen LogP contribution in [0.4, 0.5) is 0 Å². The Morgan fingerprint density at radius 2 is 2.28 bits per heavy atom. The van der Waals surface area contributed by atoms with Crippen molar-refractivity contribution in [2.45, 2.75) is 29.4 Å². The van der Waals surface area contributed by atoms with E-state index in [4.69, 9.17) is 5.73 Å². The molecule has 18 heavy (non-hydrogen) atoms. The van der Waals surface area contributed by atoms with Crippen molar-refractivity contribution in [1.29, 1.82) is 0 Å². The summed E-state index contributed by atoms with van der Waals surface area (Å²) in [5, 5.41) is 12.2. The molecule has 1 aromatic carbocycles. The Morgan fingerprint density at radius 3 is 2.89 bits per heavy atom. The Hall–Kier alpha value is -0.920. The Balaban J connectivity index is 2.29. The summed E-state index contributed by atoms with van der Waals surface area (Å²) >= 11 is 5.03. The normalized spacial score (nSPS) is 12.7. The first-order valence-corrected chi connectivity index (χ1v) is 7.11. The summed E-state index contributed by atoms with van der Waals surface area (Å²) < 4.78 is 2.71. The molecular formula is C11H14BrN5S. The number of benzene rings is 1. The number of halogens is 1. The molecule has 0 aliphatic rings. The summed E-state index contributed by atoms with van der Waals surface area (Å²) in [6, 6.07) is 6.28. The van der Waals surface area contributed by atoms with Crippen LogP contribution in [-0.4, -0.2) is 26.2 Å². The van der Waals surface area contributed by atoms with Crippen LogP contribution in [0.25, 0.3) is 0 Å². The van der Waals surface area contributed by atoms with E-state index in [0.717, 1.165) is 20.9 Å². The molecule has 0 saturated heterocycles. The summed E-state index contributed by atoms with van der Waals surface area (Å²) in [6.07, 6.45) is 0.826. The zero-order chi connectivity index (χ0) is 13.1. The lowest BCUT2D eigenvalue weighted by Crippen LogP contribution is -2.18. The van der Waals surface area contributed by atoms with E-state index in [9.17, 15) is 0 Å². The van der Waals surface area contributed by atoms with Gasteiger partial charge in [0.15, 0.2) is 0 Å². The van der Waals surface area contributed by atoms with E-state index in [-0.39, 0.29) is 6.04 Å². The molecule has 2 aromatic rings. The second kappa shape index (κ2) is 5.81. The molecule has 0 fully saturated rings. The van der Waals surface area contributed by atoms with Crippen molar-refractivity contribution in [2.75, 3.05) is 0 Å². The monoisotopic (exact) mass is 327 g/mol. The number of aryl methyl sites for hydroxylation is 1. The van der Waals surface area contributed by atoms with E-state index in [1.807, 2.05) is 20.0 Å². The number of aromatic nitrogens is 4. The highest BCUT2D eigenvalue weighted by Crippen LogP contribution is 2.30. The lowest BCUT2D eigenvalue weighted by Gasteiger charge is -2.11. The van der Waals surface area contributed by atoms with Crippen molar-refractivity contribution in [3.63, 3.8) is 0 Å². The van der Waals surface area contributed by atoms with Crippen molar-refractivity contribution in [1.82, 2.24) is 20.2 Å². The van der Waals surface area contributed by atoms with Gasteiger partial charge in [-0.3, -0.25) is 0 Å². The number of nitrogens with zero attached hydrogens (tertiary/aromatic N) is 4. The van der Waals surface area contributed by atoms with Crippen LogP contribution in [0.1, 0.15) is 12.5 Å². The molecule has 1 heterocycles. The van der Waals surface area contributed by atoms with Gasteiger partial charge in [0.1, 0.15) is 0 Å². The van der Waals surface area contributed by atoms with Gasteiger partial charge in [-0.2, -0.15) is 0 Å². The molecule has 0 aliphatic heterocycles. The number of nitrogens with two attached hydrogens (primary N) is 1. The minimum atomic E-state index is 0.122. The maximum Gasteiger partial charge on any atom is 0.213 e. The second-order valence-electron chi connectivity index (χ2n) is 4.12. The second-order valence-corrected chi connectivity index (χ2v) is 6.05. The van der Waals surface area contributed by atoms with Gasteiger partial charge in [0.2, 0.25) is 5.16 Å². The summed E-state index contributed by atoms with van der Waals surface area (Å²) in [6.45, 7) is 2.00. The van der Waals surface area contributed by atoms with Crippen molar-refractivity contribution in [3.05, 3.63) is 28.2 Å². The molecule has 0 radical (unpaired) electrons. The highest BCUT2D eigenvalue weighted by atomic mass is 79.9. The van der Waals surface area contributed by atoms with Crippen molar-refractivity contribution in [3.8, 4) is 0 Å². The minimum Gasteiger partial charge on any atom is -0.328 e. The van der Waals surface area contributed by atoms with Crippen LogP contribution in [0.2, 0.25) is 0 Å². The smallest absolute Gasteiger partial charge is 0.213 e. The quantitative estimate of drug-likeness (QED) is 0.930. The molecule has 7 heteroatoms. The number of hydrogen-bond donors (Lipinski definition) is 1. The highest BCUT2D eigenvalue weighted by Gasteiger charge is 2.11. The van der Waals surface area contributed by atoms with Crippen LogP contribution < -0.4 is 5.73 Å². The minimum absolute atomic E-state index is 0.122. The zero-order valence-electron chi connectivity index (χ0n) is 10.2. The van der Waals surface area contributed by atoms with Crippen LogP contribution in [0.15, 0.2) is 32.7 Å². The van der Waals surface area contributed by atoms with E-state index in [1.54, 1.807) is 16.4 Å². The van der Waals surface area contributed by atoms with Gasteiger partial charge in [-0.25, -0.2) is 4.68 Å². The van der Waals surface area contributed by atoms with Gasteiger partial charge in [-0.15, -0.1) is 5.10 Å². The zero-order valence-corrected chi connectivity index (χ0v) is 12.6. The molecule has 0 bridgehead atoms. The maximum absolute atomic E-state index is 5.88. The van der Waals surface area contributed by atoms with E-state index in [1.165, 1.54) is 5.56 Å². The lowest BCUT2D eigenvalue weighted by molar-refractivity contribution is 0.664. The highest BCUT2D eigenvalue weighted by molar-refractivity contribution is 9.10. The lowest BCUT2D eigenvalue weighted by atomic mass is 10.1. The third-order valence-electron chi connectivity index (χ3n) is 2.35. The van der Waals surface area contributed by atoms with Gasteiger partial charge in [0.05, 0.1) is 0 Å². The van der Waals surface area contributed by atoms with Gasteiger partial charge in [-0.1, -0.05) is 15.9 Å². The Bertz CT molecular complexity index is 540. The molecule has 5 nitrogen and oxygen atoms in total. The molecule has 1 aromatic heterocycles. The topological polar surface area (TPSA) is 69.6 Å². The molecule has 0 saturated carbocycles. The predicted octanol–water partition coefficient (Wildman–Crippen LogP) is 2.01. The number of rotatable bonds is 4. The number of hydrogen-bond acceptors (Lipinski definition) is 5. The molecule has 0 spiro atoms. The molecule has 0 amide bonds. The van der Waals surface area contributed by atoms with Crippen LogP contribution >= 0.6 is 27.7 Å². The molecule has 0 aliphatic carbocycles. The third-order valence-corrected chi connectivity index (χ3v) is 3.99. The van der Waals surface area contributed by atoms with Crippen LogP contribution in [0.5, 0.6) is 0 Å². The fourth-order valence-electron chi connectivity index (χ4n) is 1.56. The van der Waals surface area contributed by atoms with E-state index in [0.29, 0.717) is 0 Å². The van der Waals surface area contributed by atoms with Gasteiger partial charge >= 0.3 is 0 Å². The fourth-order valence-corrected chi connectivity index (χ4v) is 2.82. The van der Waals surface area contributed by atoms with Crippen molar-refractivity contribution < 1.29 is 0 Å². The van der Waals surface area contributed by atoms with Crippen LogP contribution in [-0.2, 0) is 13.5 Å². The molecule has 1 unspecified atom stereocenters. The molecule has 1 atom stereocenters. The standard InChI is InChI=1S/C11H14BrN5S/c1-7(13)5-8-6-9(12)3-4-10(8)18-11-14-15-16-17(11)2/h3-4,6-7H,5,13H2,1-2H3. The largest absolute Gasteiger partial charge is 0.328 e. The van der Waals surface area contributed by atoms with Gasteiger partial charge in [0.25, 0.3) is 0 Å². The first-order valence-electron chi connectivity index (χ1n) is 5.50. The number of tetrazole rings is 1. The van der Waals surface area contributed by atoms with Crippen molar-refractivity contribution in [2.24, 2.45) is 12.8 Å². The summed E-state index contributed by atoms with van der Waals surface area (Å²) in [7, 11) is 1.83. The van der Waals surface area contributed by atoms with Gasteiger partial charge in [0, 0.05) is 22.5 Å². The van der Waals surface area contributed by atoms with Crippen molar-refractivity contribution >= 4 is 27.7 Å². The average Bonchev–Trinajstić information content (AvgIpc) is 2.67. The summed E-state index contributed by atoms with van der Waals surface area (Å²) in [4.78, 5) is 1.13. The summed E-state index contributed by atoms with van der Waals surface area (Å²) in [5.74, 6) is 0. The Morgan fingerprint density at radius 1 is 1.50 bits per heavy atom. The fraction of sp³-hybridized carbons (Fsp3) is 0.364. The van der Waals surface area contributed by atoms with Gasteiger partial charge < -0.3 is 5.73 Å². The van der Waals surface area contributed by atoms with E-state index < -0.39 is 0 Å². The molecule has 96 valence electrons. The predicted molar refractivity (Wildman–Crippen MR) is 74.4 cm³/mol. The molecular weight excluding hydrogens is 314 g/mol. The first-order chi connectivity index (χ1) is 8.56. The average molecular weight is 328 g/mol.